The van der Waals surface area contributed by atoms with Gasteiger partial charge in [-0.2, -0.15) is 0 Å². The van der Waals surface area contributed by atoms with Crippen molar-refractivity contribution in [3.8, 4) is 0 Å². The molecule has 3 N–H and O–H groups in total. The van der Waals surface area contributed by atoms with Gasteiger partial charge in [0, 0.05) is 24.1 Å². The van der Waals surface area contributed by atoms with Gasteiger partial charge in [0.15, 0.2) is 0 Å². The number of rotatable bonds is 6. The van der Waals surface area contributed by atoms with Crippen LogP contribution in [0.4, 0.5) is 0 Å². The van der Waals surface area contributed by atoms with Crippen LogP contribution in [0.25, 0.3) is 0 Å². The van der Waals surface area contributed by atoms with Crippen molar-refractivity contribution in [2.75, 3.05) is 6.61 Å². The third kappa shape index (κ3) is 2.92. The van der Waals surface area contributed by atoms with Crippen molar-refractivity contribution in [1.82, 2.24) is 4.72 Å². The molecule has 1 aliphatic rings. The first-order valence-electron chi connectivity index (χ1n) is 5.97. The molecule has 0 radical (unpaired) electrons. The fraction of sp³-hybridized carbons (Fsp3) is 0.636. The second-order valence-electron chi connectivity index (χ2n) is 4.28. The van der Waals surface area contributed by atoms with E-state index < -0.39 is 10.0 Å². The highest BCUT2D eigenvalue weighted by Crippen LogP contribution is 2.27. The van der Waals surface area contributed by atoms with Gasteiger partial charge in [-0.25, -0.2) is 13.1 Å². The lowest BCUT2D eigenvalue weighted by Crippen LogP contribution is -2.47. The number of thiophene rings is 1. The normalized spacial score (nSPS) is 23.9. The molecule has 0 aromatic carbocycles. The van der Waals surface area contributed by atoms with Gasteiger partial charge in [0.05, 0.1) is 11.0 Å². The summed E-state index contributed by atoms with van der Waals surface area (Å²) in [6, 6.07) is 1.59. The average molecular weight is 290 g/mol. The fourth-order valence-corrected chi connectivity index (χ4v) is 4.63. The minimum absolute atomic E-state index is 0.0166. The molecule has 0 unspecified atom stereocenters. The van der Waals surface area contributed by atoms with Crippen molar-refractivity contribution in [2.45, 2.75) is 43.4 Å². The van der Waals surface area contributed by atoms with Gasteiger partial charge in [-0.15, -0.1) is 11.3 Å². The Balaban J connectivity index is 1.97. The maximum absolute atomic E-state index is 12.1. The summed E-state index contributed by atoms with van der Waals surface area (Å²) in [4.78, 5) is 1.01. The summed E-state index contributed by atoms with van der Waals surface area (Å²) >= 11 is 1.37. The van der Waals surface area contributed by atoms with Crippen molar-refractivity contribution in [3.05, 3.63) is 16.3 Å². The van der Waals surface area contributed by atoms with Crippen LogP contribution < -0.4 is 10.5 Å². The summed E-state index contributed by atoms with van der Waals surface area (Å²) in [6.07, 6.45) is 1.68. The van der Waals surface area contributed by atoms with E-state index in [2.05, 4.69) is 4.72 Å². The SMILES string of the molecule is CCOC1CC(NS(=O)(=O)c2ccsc2CN)C1. The van der Waals surface area contributed by atoms with Crippen molar-refractivity contribution in [1.29, 1.82) is 0 Å². The molecule has 1 aromatic heterocycles. The Bertz CT molecular complexity index is 492. The smallest absolute Gasteiger partial charge is 0.241 e. The molecule has 1 aliphatic carbocycles. The van der Waals surface area contributed by atoms with Crippen LogP contribution in [0.2, 0.25) is 0 Å². The van der Waals surface area contributed by atoms with E-state index in [0.29, 0.717) is 16.4 Å². The van der Waals surface area contributed by atoms with Gasteiger partial charge in [0.2, 0.25) is 10.0 Å². The summed E-state index contributed by atoms with van der Waals surface area (Å²) in [5.41, 5.74) is 5.53. The van der Waals surface area contributed by atoms with Gasteiger partial charge in [-0.3, -0.25) is 0 Å². The van der Waals surface area contributed by atoms with Crippen LogP contribution >= 0.6 is 11.3 Å². The van der Waals surface area contributed by atoms with Gasteiger partial charge < -0.3 is 10.5 Å². The minimum Gasteiger partial charge on any atom is -0.378 e. The van der Waals surface area contributed by atoms with Crippen LogP contribution in [-0.2, 0) is 21.3 Å². The first-order valence-corrected chi connectivity index (χ1v) is 8.33. The van der Waals surface area contributed by atoms with Crippen LogP contribution in [0.1, 0.15) is 24.6 Å². The van der Waals surface area contributed by atoms with E-state index >= 15 is 0 Å². The minimum atomic E-state index is -3.43. The number of nitrogens with one attached hydrogen (secondary N) is 1. The summed E-state index contributed by atoms with van der Waals surface area (Å²) < 4.78 is 32.4. The molecule has 0 saturated heterocycles. The number of hydrogen-bond acceptors (Lipinski definition) is 5. The zero-order chi connectivity index (χ0) is 13.2. The van der Waals surface area contributed by atoms with Crippen molar-refractivity contribution in [2.24, 2.45) is 5.73 Å². The molecule has 1 aromatic rings. The van der Waals surface area contributed by atoms with Crippen LogP contribution in [0.3, 0.4) is 0 Å². The van der Waals surface area contributed by atoms with Gasteiger partial charge >= 0.3 is 0 Å². The molecule has 1 saturated carbocycles. The molecule has 1 heterocycles. The largest absolute Gasteiger partial charge is 0.378 e. The first-order chi connectivity index (χ1) is 8.56. The number of nitrogens with two attached hydrogens (primary N) is 1. The molecule has 5 nitrogen and oxygen atoms in total. The Kier molecular flexibility index (Phi) is 4.39. The second-order valence-corrected chi connectivity index (χ2v) is 6.96. The lowest BCUT2D eigenvalue weighted by atomic mass is 9.90. The average Bonchev–Trinajstić information content (AvgIpc) is 2.75. The maximum Gasteiger partial charge on any atom is 0.241 e. The van der Waals surface area contributed by atoms with E-state index in [0.717, 1.165) is 12.8 Å². The van der Waals surface area contributed by atoms with E-state index in [1.54, 1.807) is 11.4 Å². The highest BCUT2D eigenvalue weighted by molar-refractivity contribution is 7.89. The maximum atomic E-state index is 12.1. The lowest BCUT2D eigenvalue weighted by molar-refractivity contribution is -0.00475. The molecule has 0 aliphatic heterocycles. The number of ether oxygens (including phenoxy) is 1. The lowest BCUT2D eigenvalue weighted by Gasteiger charge is -2.35. The third-order valence-corrected chi connectivity index (χ3v) is 5.68. The predicted octanol–water partition coefficient (Wildman–Crippen LogP) is 1.05. The molecule has 18 heavy (non-hydrogen) atoms. The zero-order valence-corrected chi connectivity index (χ0v) is 11.9. The van der Waals surface area contributed by atoms with E-state index in [-0.39, 0.29) is 18.7 Å². The van der Waals surface area contributed by atoms with Crippen molar-refractivity contribution < 1.29 is 13.2 Å². The van der Waals surface area contributed by atoms with E-state index in [1.165, 1.54) is 11.3 Å². The van der Waals surface area contributed by atoms with Crippen LogP contribution in [0.15, 0.2) is 16.3 Å². The fourth-order valence-electron chi connectivity index (χ4n) is 2.03. The molecule has 0 bridgehead atoms. The molecular weight excluding hydrogens is 272 g/mol. The Hall–Kier alpha value is -0.470. The number of sulfonamides is 1. The summed E-state index contributed by atoms with van der Waals surface area (Å²) in [6.45, 7) is 2.86. The predicted molar refractivity (Wildman–Crippen MR) is 71.0 cm³/mol. The highest BCUT2D eigenvalue weighted by atomic mass is 32.2. The Morgan fingerprint density at radius 2 is 2.28 bits per heavy atom. The van der Waals surface area contributed by atoms with Crippen LogP contribution in [0, 0.1) is 0 Å². The monoisotopic (exact) mass is 290 g/mol. The molecule has 0 amide bonds. The molecular formula is C11H18N2O3S2. The molecule has 7 heteroatoms. The highest BCUT2D eigenvalue weighted by Gasteiger charge is 2.33. The molecule has 2 rings (SSSR count). The van der Waals surface area contributed by atoms with Gasteiger partial charge in [0.25, 0.3) is 0 Å². The molecule has 0 spiro atoms. The Morgan fingerprint density at radius 3 is 2.89 bits per heavy atom. The summed E-state index contributed by atoms with van der Waals surface area (Å²) in [7, 11) is -3.43. The number of hydrogen-bond donors (Lipinski definition) is 2. The zero-order valence-electron chi connectivity index (χ0n) is 10.3. The molecule has 1 fully saturated rings. The van der Waals surface area contributed by atoms with E-state index in [9.17, 15) is 8.42 Å². The van der Waals surface area contributed by atoms with Crippen LogP contribution in [0.5, 0.6) is 0 Å². The van der Waals surface area contributed by atoms with Gasteiger partial charge in [-0.1, -0.05) is 0 Å². The summed E-state index contributed by atoms with van der Waals surface area (Å²) in [5.74, 6) is 0. The standard InChI is InChI=1S/C11H18N2O3S2/c1-2-16-9-5-8(6-9)13-18(14,15)11-3-4-17-10(11)7-12/h3-4,8-9,13H,2,5-7,12H2,1H3. The van der Waals surface area contributed by atoms with Crippen molar-refractivity contribution >= 4 is 21.4 Å². The first kappa shape index (κ1) is 14.0. The topological polar surface area (TPSA) is 81.4 Å². The van der Waals surface area contributed by atoms with E-state index in [1.807, 2.05) is 6.92 Å². The second kappa shape index (κ2) is 5.66. The Morgan fingerprint density at radius 1 is 1.56 bits per heavy atom. The van der Waals surface area contributed by atoms with Gasteiger partial charge in [-0.05, 0) is 31.2 Å². The molecule has 102 valence electrons. The Labute approximate surface area is 111 Å². The summed E-state index contributed by atoms with van der Waals surface area (Å²) in [5, 5.41) is 1.75. The van der Waals surface area contributed by atoms with Crippen molar-refractivity contribution in [3.63, 3.8) is 0 Å². The van der Waals surface area contributed by atoms with E-state index in [4.69, 9.17) is 10.5 Å². The molecule has 0 atom stereocenters. The third-order valence-electron chi connectivity index (χ3n) is 3.00. The van der Waals surface area contributed by atoms with Crippen LogP contribution in [-0.4, -0.2) is 27.2 Å². The quantitative estimate of drug-likeness (QED) is 0.820. The van der Waals surface area contributed by atoms with Gasteiger partial charge in [0.1, 0.15) is 0 Å².